The van der Waals surface area contributed by atoms with Crippen molar-refractivity contribution in [3.8, 4) is 0 Å². The van der Waals surface area contributed by atoms with Gasteiger partial charge in [0.2, 0.25) is 5.91 Å². The van der Waals surface area contributed by atoms with Gasteiger partial charge in [-0.25, -0.2) is 4.57 Å². The van der Waals surface area contributed by atoms with Crippen LogP contribution in [0.1, 0.15) is 163 Å². The maximum absolute atomic E-state index is 13.8. The smallest absolute Gasteiger partial charge is 0.375 e. The van der Waals surface area contributed by atoms with Crippen LogP contribution in [0.2, 0.25) is 0 Å². The van der Waals surface area contributed by atoms with Gasteiger partial charge in [0.1, 0.15) is 11.8 Å². The van der Waals surface area contributed by atoms with Gasteiger partial charge in [0.05, 0.1) is 31.8 Å². The van der Waals surface area contributed by atoms with E-state index in [1.165, 1.54) is 82.8 Å². The molecule has 0 aromatic rings. The monoisotopic (exact) mass is 728 g/mol. The zero-order chi connectivity index (χ0) is 37.0. The average Bonchev–Trinajstić information content (AvgIpc) is 3.07. The molecule has 0 bridgehead atoms. The van der Waals surface area contributed by atoms with Gasteiger partial charge in [0, 0.05) is 18.9 Å². The number of rotatable bonds is 33. The SMILES string of the molecule is C=CCOP(=O)(OCC=C)O[C@H]1O[C@H](CC(C)C)[C@@H](C)[C@H](OCCCCCCCCCC)[C@H]1NC(=O)CC(=O)CCCCCCCCCCC. The number of carbonyl (C=O) groups is 2. The summed E-state index contributed by atoms with van der Waals surface area (Å²) in [6, 6.07) is -0.844. The summed E-state index contributed by atoms with van der Waals surface area (Å²) >= 11 is 0. The summed E-state index contributed by atoms with van der Waals surface area (Å²) in [5, 5.41) is 3.00. The molecule has 292 valence electrons. The molecule has 9 nitrogen and oxygen atoms in total. The number of hydrogen-bond acceptors (Lipinski definition) is 8. The summed E-state index contributed by atoms with van der Waals surface area (Å²) in [4.78, 5) is 26.3. The fourth-order valence-corrected chi connectivity index (χ4v) is 7.62. The second-order valence-corrected chi connectivity index (χ2v) is 16.1. The Morgan fingerprint density at radius 2 is 1.30 bits per heavy atom. The Morgan fingerprint density at radius 3 is 1.80 bits per heavy atom. The molecule has 0 saturated carbocycles. The van der Waals surface area contributed by atoms with Gasteiger partial charge in [-0.15, -0.1) is 13.2 Å². The normalized spacial score (nSPS) is 21.0. The third kappa shape index (κ3) is 21.2. The molecule has 5 atom stereocenters. The summed E-state index contributed by atoms with van der Waals surface area (Å²) in [5.41, 5.74) is 0. The van der Waals surface area contributed by atoms with Gasteiger partial charge in [-0.1, -0.05) is 143 Å². The first-order chi connectivity index (χ1) is 24.1. The topological polar surface area (TPSA) is 109 Å². The van der Waals surface area contributed by atoms with E-state index < -0.39 is 32.2 Å². The van der Waals surface area contributed by atoms with Crippen molar-refractivity contribution in [1.82, 2.24) is 5.32 Å². The Kier molecular flexibility index (Phi) is 27.2. The van der Waals surface area contributed by atoms with Gasteiger partial charge in [0.15, 0.2) is 6.29 Å². The number of phosphoric acid groups is 1. The van der Waals surface area contributed by atoms with Crippen LogP contribution < -0.4 is 5.32 Å². The lowest BCUT2D eigenvalue weighted by atomic mass is 9.85. The molecular formula is C40H74NO8P. The molecule has 1 N–H and O–H groups in total. The molecule has 0 unspecified atom stereocenters. The van der Waals surface area contributed by atoms with Crippen LogP contribution in [0.25, 0.3) is 0 Å². The second-order valence-electron chi connectivity index (χ2n) is 14.5. The predicted octanol–water partition coefficient (Wildman–Crippen LogP) is 10.8. The van der Waals surface area contributed by atoms with Crippen molar-refractivity contribution >= 4 is 19.5 Å². The molecule has 0 aromatic carbocycles. The summed E-state index contributed by atoms with van der Waals surface area (Å²) in [7, 11) is -4.16. The van der Waals surface area contributed by atoms with E-state index in [1.807, 2.05) is 0 Å². The number of unbranched alkanes of at least 4 members (excludes halogenated alkanes) is 15. The van der Waals surface area contributed by atoms with Crippen molar-refractivity contribution < 1.29 is 37.2 Å². The van der Waals surface area contributed by atoms with E-state index in [0.717, 1.165) is 38.5 Å². The number of hydrogen-bond donors (Lipinski definition) is 1. The van der Waals surface area contributed by atoms with Crippen LogP contribution in [0, 0.1) is 11.8 Å². The van der Waals surface area contributed by atoms with E-state index in [2.05, 4.69) is 53.1 Å². The van der Waals surface area contributed by atoms with Crippen molar-refractivity contribution in [2.45, 2.75) is 188 Å². The number of ketones is 1. The molecule has 1 rings (SSSR count). The first-order valence-electron chi connectivity index (χ1n) is 20.0. The van der Waals surface area contributed by atoms with Gasteiger partial charge in [-0.3, -0.25) is 23.2 Å². The predicted molar refractivity (Wildman–Crippen MR) is 204 cm³/mol. The summed E-state index contributed by atoms with van der Waals surface area (Å²) < 4.78 is 43.8. The zero-order valence-electron chi connectivity index (χ0n) is 32.5. The second kappa shape index (κ2) is 29.1. The van der Waals surface area contributed by atoms with Gasteiger partial charge in [-0.2, -0.15) is 0 Å². The fourth-order valence-electron chi connectivity index (χ4n) is 6.41. The Morgan fingerprint density at radius 1 is 0.800 bits per heavy atom. The molecule has 1 saturated heterocycles. The molecule has 0 aliphatic carbocycles. The first kappa shape index (κ1) is 46.7. The Balaban J connectivity index is 3.02. The number of Topliss-reactive ketones (excluding diaryl/α,β-unsaturated/α-hetero) is 1. The maximum atomic E-state index is 13.8. The van der Waals surface area contributed by atoms with E-state index in [0.29, 0.717) is 25.4 Å². The number of phosphoric ester groups is 1. The third-order valence-electron chi connectivity index (χ3n) is 9.25. The highest BCUT2D eigenvalue weighted by atomic mass is 31.2. The number of amides is 1. The minimum Gasteiger partial charge on any atom is -0.375 e. The van der Waals surface area contributed by atoms with Crippen LogP contribution in [-0.4, -0.2) is 56.1 Å². The lowest BCUT2D eigenvalue weighted by molar-refractivity contribution is -0.235. The fraction of sp³-hybridized carbons (Fsp3) is 0.850. The highest BCUT2D eigenvalue weighted by molar-refractivity contribution is 7.48. The standard InChI is InChI=1S/C40H74NO8P/c1-8-12-14-16-18-20-21-23-25-27-35(42)32-37(43)41-38-39(45-30-26-24-22-19-17-15-13-9-2)34(7)36(31-33(5)6)48-40(38)49-50(44,46-28-10-3)47-29-11-4/h10-11,33-34,36,38-40H,3-4,8-9,12-32H2,1-2,5-7H3,(H,41,43)/t34-,36-,38-,39+,40-/m1/s1. The highest BCUT2D eigenvalue weighted by Crippen LogP contribution is 2.52. The first-order valence-corrected chi connectivity index (χ1v) is 21.4. The van der Waals surface area contributed by atoms with Crippen molar-refractivity contribution in [3.05, 3.63) is 25.3 Å². The van der Waals surface area contributed by atoms with Crippen LogP contribution in [0.15, 0.2) is 25.3 Å². The zero-order valence-corrected chi connectivity index (χ0v) is 33.4. The van der Waals surface area contributed by atoms with Crippen molar-refractivity contribution in [2.24, 2.45) is 11.8 Å². The van der Waals surface area contributed by atoms with Crippen molar-refractivity contribution in [3.63, 3.8) is 0 Å². The summed E-state index contributed by atoms with van der Waals surface area (Å²) in [6.07, 6.45) is 21.6. The Bertz CT molecular complexity index is 944. The van der Waals surface area contributed by atoms with E-state index in [9.17, 15) is 14.2 Å². The van der Waals surface area contributed by atoms with Gasteiger partial charge in [0.25, 0.3) is 0 Å². The summed E-state index contributed by atoms with van der Waals surface area (Å²) in [5.74, 6) is -0.341. The minimum absolute atomic E-state index is 0.0737. The van der Waals surface area contributed by atoms with E-state index in [-0.39, 0.29) is 37.4 Å². The lowest BCUT2D eigenvalue weighted by Gasteiger charge is -2.46. The molecular weight excluding hydrogens is 653 g/mol. The number of carbonyl (C=O) groups excluding carboxylic acids is 2. The molecule has 0 spiro atoms. The minimum atomic E-state index is -4.16. The number of nitrogens with one attached hydrogen (secondary N) is 1. The van der Waals surface area contributed by atoms with Crippen LogP contribution in [0.4, 0.5) is 0 Å². The van der Waals surface area contributed by atoms with Crippen LogP contribution in [0.5, 0.6) is 0 Å². The molecule has 10 heteroatoms. The Hall–Kier alpha value is -1.35. The van der Waals surface area contributed by atoms with Gasteiger partial charge < -0.3 is 14.8 Å². The van der Waals surface area contributed by atoms with E-state index in [4.69, 9.17) is 23.0 Å². The van der Waals surface area contributed by atoms with Gasteiger partial charge in [-0.05, 0) is 25.2 Å². The van der Waals surface area contributed by atoms with Crippen molar-refractivity contribution in [2.75, 3.05) is 19.8 Å². The van der Waals surface area contributed by atoms with Gasteiger partial charge >= 0.3 is 7.82 Å². The maximum Gasteiger partial charge on any atom is 0.477 e. The van der Waals surface area contributed by atoms with Crippen molar-refractivity contribution in [1.29, 1.82) is 0 Å². The molecule has 1 fully saturated rings. The molecule has 1 heterocycles. The van der Waals surface area contributed by atoms with Crippen LogP contribution in [-0.2, 0) is 37.2 Å². The summed E-state index contributed by atoms with van der Waals surface area (Å²) in [6.45, 7) is 18.4. The third-order valence-corrected chi connectivity index (χ3v) is 10.6. The molecule has 50 heavy (non-hydrogen) atoms. The van der Waals surface area contributed by atoms with Crippen LogP contribution in [0.3, 0.4) is 0 Å². The Labute approximate surface area is 306 Å². The lowest BCUT2D eigenvalue weighted by Crippen LogP contribution is -2.62. The highest BCUT2D eigenvalue weighted by Gasteiger charge is 2.49. The average molecular weight is 728 g/mol. The van der Waals surface area contributed by atoms with E-state index in [1.54, 1.807) is 0 Å². The largest absolute Gasteiger partial charge is 0.477 e. The molecule has 1 amide bonds. The molecule has 1 aliphatic heterocycles. The van der Waals surface area contributed by atoms with Crippen LogP contribution >= 0.6 is 7.82 Å². The number of ether oxygens (including phenoxy) is 2. The molecule has 0 aromatic heterocycles. The molecule has 1 aliphatic rings. The van der Waals surface area contributed by atoms with E-state index >= 15 is 0 Å². The quantitative estimate of drug-likeness (QED) is 0.0308. The molecule has 0 radical (unpaired) electrons.